The number of aliphatic hydroxyl groups is 1. The monoisotopic (exact) mass is 282 g/mol. The molecule has 0 aromatic heterocycles. The molecule has 3 N–H and O–H groups in total. The Balaban J connectivity index is 2.74. The number of benzene rings is 1. The van der Waals surface area contributed by atoms with Gasteiger partial charge in [0.2, 0.25) is 0 Å². The van der Waals surface area contributed by atoms with Gasteiger partial charge >= 0.3 is 0 Å². The lowest BCUT2D eigenvalue weighted by atomic mass is 10.1. The van der Waals surface area contributed by atoms with Gasteiger partial charge < -0.3 is 15.7 Å². The van der Waals surface area contributed by atoms with Gasteiger partial charge in [-0.3, -0.25) is 4.79 Å². The van der Waals surface area contributed by atoms with E-state index in [0.717, 1.165) is 31.7 Å². The fourth-order valence-corrected chi connectivity index (χ4v) is 2.05. The van der Waals surface area contributed by atoms with Gasteiger partial charge in [-0.05, 0) is 24.6 Å². The summed E-state index contributed by atoms with van der Waals surface area (Å²) in [5.74, 6) is -0.815. The van der Waals surface area contributed by atoms with Crippen LogP contribution in [0.25, 0.3) is 0 Å². The third-order valence-electron chi connectivity index (χ3n) is 3.18. The largest absolute Gasteiger partial charge is 0.398 e. The number of rotatable bonds is 8. The van der Waals surface area contributed by atoms with E-state index in [-0.39, 0.29) is 30.3 Å². The molecule has 112 valence electrons. The first-order valence-electron chi connectivity index (χ1n) is 7.05. The summed E-state index contributed by atoms with van der Waals surface area (Å²) in [6, 6.07) is 3.76. The second-order valence-corrected chi connectivity index (χ2v) is 4.81. The van der Waals surface area contributed by atoms with Crippen LogP contribution in [0.3, 0.4) is 0 Å². The van der Waals surface area contributed by atoms with E-state index in [1.807, 2.05) is 0 Å². The highest BCUT2D eigenvalue weighted by Gasteiger charge is 2.18. The van der Waals surface area contributed by atoms with Gasteiger partial charge in [-0.25, -0.2) is 4.39 Å². The Kier molecular flexibility index (Phi) is 7.01. The molecule has 0 bridgehead atoms. The zero-order valence-electron chi connectivity index (χ0n) is 11.9. The number of nitrogens with zero attached hydrogens (tertiary/aromatic N) is 1. The van der Waals surface area contributed by atoms with Gasteiger partial charge in [-0.2, -0.15) is 0 Å². The van der Waals surface area contributed by atoms with Gasteiger partial charge in [0, 0.05) is 18.8 Å². The van der Waals surface area contributed by atoms with E-state index in [0.29, 0.717) is 6.54 Å². The molecule has 0 saturated carbocycles. The summed E-state index contributed by atoms with van der Waals surface area (Å²) in [5, 5.41) is 9.06. The van der Waals surface area contributed by atoms with E-state index in [9.17, 15) is 9.18 Å². The van der Waals surface area contributed by atoms with Gasteiger partial charge in [0.15, 0.2) is 0 Å². The molecular weight excluding hydrogens is 259 g/mol. The quantitative estimate of drug-likeness (QED) is 0.568. The summed E-state index contributed by atoms with van der Waals surface area (Å²) in [5.41, 5.74) is 6.14. The molecule has 0 spiro atoms. The molecule has 0 atom stereocenters. The summed E-state index contributed by atoms with van der Waals surface area (Å²) in [6.07, 6.45) is 4.13. The molecule has 0 unspecified atom stereocenters. The maximum absolute atomic E-state index is 13.2. The number of nitrogens with two attached hydrogens (primary N) is 1. The van der Waals surface area contributed by atoms with E-state index in [1.165, 1.54) is 17.0 Å². The highest BCUT2D eigenvalue weighted by atomic mass is 19.1. The van der Waals surface area contributed by atoms with Crippen molar-refractivity contribution in [1.29, 1.82) is 0 Å². The zero-order valence-corrected chi connectivity index (χ0v) is 11.9. The minimum atomic E-state index is -0.488. The Bertz CT molecular complexity index is 438. The number of amides is 1. The smallest absolute Gasteiger partial charge is 0.256 e. The average Bonchev–Trinajstić information content (AvgIpc) is 2.44. The standard InChI is InChI=1S/C15H23FN2O2/c1-2-3-4-5-8-18(9-10-19)15(20)13-11-12(16)6-7-14(13)17/h6-7,11,19H,2-5,8-10,17H2,1H3. The molecule has 0 saturated heterocycles. The minimum absolute atomic E-state index is 0.116. The van der Waals surface area contributed by atoms with Crippen LogP contribution in [0.2, 0.25) is 0 Å². The van der Waals surface area contributed by atoms with E-state index in [4.69, 9.17) is 10.8 Å². The van der Waals surface area contributed by atoms with Crippen LogP contribution in [-0.2, 0) is 0 Å². The molecule has 1 aromatic carbocycles. The van der Waals surface area contributed by atoms with Crippen molar-refractivity contribution in [2.75, 3.05) is 25.4 Å². The molecule has 0 aliphatic carbocycles. The van der Waals surface area contributed by atoms with Gasteiger partial charge in [-0.15, -0.1) is 0 Å². The molecule has 0 heterocycles. The summed E-state index contributed by atoms with van der Waals surface area (Å²) >= 11 is 0. The van der Waals surface area contributed by atoms with E-state index < -0.39 is 5.82 Å². The van der Waals surface area contributed by atoms with Crippen molar-refractivity contribution in [1.82, 2.24) is 4.90 Å². The Morgan fingerprint density at radius 2 is 2.05 bits per heavy atom. The van der Waals surface area contributed by atoms with Crippen LogP contribution >= 0.6 is 0 Å². The second kappa shape index (κ2) is 8.53. The molecule has 0 fully saturated rings. The third-order valence-corrected chi connectivity index (χ3v) is 3.18. The molecule has 4 nitrogen and oxygen atoms in total. The van der Waals surface area contributed by atoms with Crippen LogP contribution in [0.4, 0.5) is 10.1 Å². The molecule has 5 heteroatoms. The summed E-state index contributed by atoms with van der Waals surface area (Å²) in [4.78, 5) is 13.9. The SMILES string of the molecule is CCCCCCN(CCO)C(=O)c1cc(F)ccc1N. The zero-order chi connectivity index (χ0) is 15.0. The summed E-state index contributed by atoms with van der Waals surface area (Å²) in [7, 11) is 0. The fraction of sp³-hybridized carbons (Fsp3) is 0.533. The van der Waals surface area contributed by atoms with E-state index in [1.54, 1.807) is 0 Å². The number of carbonyl (C=O) groups is 1. The third kappa shape index (κ3) is 4.81. The summed E-state index contributed by atoms with van der Waals surface area (Å²) in [6.45, 7) is 2.79. The molecule has 0 radical (unpaired) electrons. The van der Waals surface area contributed by atoms with Crippen LogP contribution in [-0.4, -0.2) is 35.6 Å². The van der Waals surface area contributed by atoms with Crippen molar-refractivity contribution < 1.29 is 14.3 Å². The van der Waals surface area contributed by atoms with E-state index in [2.05, 4.69) is 6.92 Å². The van der Waals surface area contributed by atoms with Crippen molar-refractivity contribution in [2.24, 2.45) is 0 Å². The molecule has 1 amide bonds. The summed E-state index contributed by atoms with van der Waals surface area (Å²) < 4.78 is 13.2. The number of aliphatic hydroxyl groups excluding tert-OH is 1. The lowest BCUT2D eigenvalue weighted by Gasteiger charge is -2.22. The normalized spacial score (nSPS) is 10.6. The van der Waals surface area contributed by atoms with Crippen LogP contribution in [0.5, 0.6) is 0 Å². The number of carbonyl (C=O) groups excluding carboxylic acids is 1. The topological polar surface area (TPSA) is 66.6 Å². The number of hydrogen-bond donors (Lipinski definition) is 2. The Morgan fingerprint density at radius 3 is 2.70 bits per heavy atom. The van der Waals surface area contributed by atoms with Gasteiger partial charge in [0.25, 0.3) is 5.91 Å². The molecule has 1 aromatic rings. The molecule has 0 aliphatic rings. The Hall–Kier alpha value is -1.62. The Morgan fingerprint density at radius 1 is 1.30 bits per heavy atom. The first kappa shape index (κ1) is 16.4. The highest BCUT2D eigenvalue weighted by molar-refractivity contribution is 5.99. The average molecular weight is 282 g/mol. The van der Waals surface area contributed by atoms with Crippen LogP contribution in [0, 0.1) is 5.82 Å². The van der Waals surface area contributed by atoms with Crippen LogP contribution < -0.4 is 5.73 Å². The molecule has 0 aliphatic heterocycles. The molecule has 1 rings (SSSR count). The number of hydrogen-bond acceptors (Lipinski definition) is 3. The van der Waals surface area contributed by atoms with Gasteiger partial charge in [-0.1, -0.05) is 26.2 Å². The molecular formula is C15H23FN2O2. The predicted octanol–water partition coefficient (Wildman–Crippen LogP) is 2.42. The first-order valence-corrected chi connectivity index (χ1v) is 7.05. The maximum atomic E-state index is 13.2. The number of anilines is 1. The number of unbranched alkanes of at least 4 members (excludes halogenated alkanes) is 3. The number of nitrogen functional groups attached to an aromatic ring is 1. The van der Waals surface area contributed by atoms with Gasteiger partial charge in [0.1, 0.15) is 5.82 Å². The van der Waals surface area contributed by atoms with E-state index >= 15 is 0 Å². The van der Waals surface area contributed by atoms with Crippen LogP contribution in [0.15, 0.2) is 18.2 Å². The fourth-order valence-electron chi connectivity index (χ4n) is 2.05. The highest BCUT2D eigenvalue weighted by Crippen LogP contribution is 2.16. The number of halogens is 1. The minimum Gasteiger partial charge on any atom is -0.398 e. The van der Waals surface area contributed by atoms with Crippen LogP contribution in [0.1, 0.15) is 43.0 Å². The van der Waals surface area contributed by atoms with Gasteiger partial charge in [0.05, 0.1) is 12.2 Å². The van der Waals surface area contributed by atoms with Crippen molar-refractivity contribution in [3.8, 4) is 0 Å². The second-order valence-electron chi connectivity index (χ2n) is 4.81. The maximum Gasteiger partial charge on any atom is 0.256 e. The van der Waals surface area contributed by atoms with Crippen molar-refractivity contribution >= 4 is 11.6 Å². The van der Waals surface area contributed by atoms with Crippen molar-refractivity contribution in [3.05, 3.63) is 29.6 Å². The lowest BCUT2D eigenvalue weighted by Crippen LogP contribution is -2.35. The molecule has 20 heavy (non-hydrogen) atoms. The predicted molar refractivity (Wildman–Crippen MR) is 77.9 cm³/mol. The van der Waals surface area contributed by atoms with Crippen molar-refractivity contribution in [2.45, 2.75) is 32.6 Å². The Labute approximate surface area is 119 Å². The van der Waals surface area contributed by atoms with Crippen molar-refractivity contribution in [3.63, 3.8) is 0 Å². The first-order chi connectivity index (χ1) is 9.60. The lowest BCUT2D eigenvalue weighted by molar-refractivity contribution is 0.0719.